The summed E-state index contributed by atoms with van der Waals surface area (Å²) in [5.74, 6) is -1.68. The van der Waals surface area contributed by atoms with Gasteiger partial charge in [0.05, 0.1) is 19.3 Å². The molecule has 0 aliphatic carbocycles. The Morgan fingerprint density at radius 3 is 2.54 bits per heavy atom. The van der Waals surface area contributed by atoms with E-state index >= 15 is 0 Å². The van der Waals surface area contributed by atoms with Gasteiger partial charge in [-0.05, 0) is 24.4 Å². The molecular formula is C25H29NO9. The van der Waals surface area contributed by atoms with Crippen molar-refractivity contribution in [3.63, 3.8) is 0 Å². The number of aromatic hydroxyl groups is 2. The minimum atomic E-state index is -1.55. The number of esters is 1. The van der Waals surface area contributed by atoms with Crippen molar-refractivity contribution in [3.05, 3.63) is 52.6 Å². The van der Waals surface area contributed by atoms with Gasteiger partial charge in [0.25, 0.3) is 0 Å². The number of benzene rings is 2. The van der Waals surface area contributed by atoms with Gasteiger partial charge in [-0.2, -0.15) is 0 Å². The summed E-state index contributed by atoms with van der Waals surface area (Å²) in [7, 11) is 1.28. The molecule has 10 heteroatoms. The van der Waals surface area contributed by atoms with Crippen LogP contribution in [0.1, 0.15) is 45.5 Å². The van der Waals surface area contributed by atoms with E-state index < -0.39 is 48.8 Å². The standard InChI is InChI=1S/C25H29NO9/c1-33-23-18(28)14(10-26-8-7-13(9-26)12-5-3-2-4-6-12)16-17(20(23)30)22-24(35-25(16)32)21(31)19(29)15(11-27)34-22/h2-6,13,15,19,21-22,24,27-31H,7-11H2,1H3/t13?,15-,19-,21+,22?,24?/m1/s1. The Balaban J connectivity index is 1.54. The Morgan fingerprint density at radius 1 is 1.11 bits per heavy atom. The second-order valence-electron chi connectivity index (χ2n) is 9.26. The third-order valence-electron chi connectivity index (χ3n) is 7.27. The fourth-order valence-corrected chi connectivity index (χ4v) is 5.46. The number of fused-ring (bicyclic) bond motifs is 3. The molecule has 35 heavy (non-hydrogen) atoms. The van der Waals surface area contributed by atoms with E-state index in [-0.39, 0.29) is 34.7 Å². The molecule has 0 radical (unpaired) electrons. The number of hydrogen-bond acceptors (Lipinski definition) is 10. The number of carbonyl (C=O) groups excluding carboxylic acids is 1. The topological polar surface area (TPSA) is 149 Å². The quantitative estimate of drug-likeness (QED) is 0.383. The summed E-state index contributed by atoms with van der Waals surface area (Å²) in [4.78, 5) is 15.2. The minimum absolute atomic E-state index is 0.000827. The van der Waals surface area contributed by atoms with Crippen LogP contribution in [0.15, 0.2) is 30.3 Å². The lowest BCUT2D eigenvalue weighted by Gasteiger charge is -2.45. The number of aliphatic hydroxyl groups excluding tert-OH is 3. The van der Waals surface area contributed by atoms with Gasteiger partial charge in [-0.3, -0.25) is 4.90 Å². The molecule has 188 valence electrons. The van der Waals surface area contributed by atoms with Gasteiger partial charge in [0.1, 0.15) is 24.4 Å². The normalized spacial score (nSPS) is 30.5. The van der Waals surface area contributed by atoms with Crippen molar-refractivity contribution in [2.24, 2.45) is 0 Å². The molecule has 0 aromatic heterocycles. The van der Waals surface area contributed by atoms with Crippen LogP contribution in [0.5, 0.6) is 17.2 Å². The molecule has 2 fully saturated rings. The molecule has 0 bridgehead atoms. The van der Waals surface area contributed by atoms with E-state index in [2.05, 4.69) is 17.0 Å². The van der Waals surface area contributed by atoms with Gasteiger partial charge in [0.2, 0.25) is 5.75 Å². The van der Waals surface area contributed by atoms with Crippen LogP contribution in [0.3, 0.4) is 0 Å². The Labute approximate surface area is 201 Å². The van der Waals surface area contributed by atoms with E-state index in [0.717, 1.165) is 13.0 Å². The SMILES string of the molecule is COc1c(O)c(CN2CCC(c3ccccc3)C2)c2c(c1O)C1O[C@H](CO)[C@@H](O)[C@H](O)C1OC2=O. The molecule has 6 atom stereocenters. The van der Waals surface area contributed by atoms with E-state index in [0.29, 0.717) is 12.5 Å². The van der Waals surface area contributed by atoms with Crippen LogP contribution in [0, 0.1) is 0 Å². The number of rotatable bonds is 5. The maximum atomic E-state index is 13.1. The van der Waals surface area contributed by atoms with Crippen LogP contribution in [-0.2, 0) is 16.0 Å². The molecule has 3 aliphatic heterocycles. The number of phenolic OH excluding ortho intramolecular Hbond substituents is 2. The lowest BCUT2D eigenvalue weighted by Crippen LogP contribution is -2.58. The van der Waals surface area contributed by atoms with Crippen LogP contribution in [0.2, 0.25) is 0 Å². The van der Waals surface area contributed by atoms with Crippen LogP contribution < -0.4 is 4.74 Å². The van der Waals surface area contributed by atoms with Gasteiger partial charge in [-0.1, -0.05) is 30.3 Å². The number of hydrogen-bond donors (Lipinski definition) is 5. The van der Waals surface area contributed by atoms with Gasteiger partial charge >= 0.3 is 5.97 Å². The van der Waals surface area contributed by atoms with E-state index in [1.807, 2.05) is 18.2 Å². The van der Waals surface area contributed by atoms with Crippen molar-refractivity contribution in [3.8, 4) is 17.2 Å². The number of methoxy groups -OCH3 is 1. The Morgan fingerprint density at radius 2 is 1.86 bits per heavy atom. The van der Waals surface area contributed by atoms with Gasteiger partial charge in [0.15, 0.2) is 17.6 Å². The van der Waals surface area contributed by atoms with Crippen molar-refractivity contribution in [1.29, 1.82) is 0 Å². The first-order valence-electron chi connectivity index (χ1n) is 11.6. The second-order valence-corrected chi connectivity index (χ2v) is 9.26. The maximum Gasteiger partial charge on any atom is 0.339 e. The van der Waals surface area contributed by atoms with Crippen molar-refractivity contribution in [2.45, 2.75) is 49.4 Å². The molecule has 5 rings (SSSR count). The predicted octanol–water partition coefficient (Wildman–Crippen LogP) is 0.789. The number of nitrogens with zero attached hydrogens (tertiary/aromatic N) is 1. The molecule has 0 amide bonds. The summed E-state index contributed by atoms with van der Waals surface area (Å²) in [5, 5.41) is 52.3. The van der Waals surface area contributed by atoms with Crippen LogP contribution >= 0.6 is 0 Å². The first-order chi connectivity index (χ1) is 16.8. The highest BCUT2D eigenvalue weighted by molar-refractivity contribution is 5.97. The van der Waals surface area contributed by atoms with Crippen molar-refractivity contribution in [1.82, 2.24) is 4.90 Å². The number of aliphatic hydroxyl groups is 3. The first kappa shape index (κ1) is 23.8. The van der Waals surface area contributed by atoms with E-state index in [1.165, 1.54) is 12.7 Å². The van der Waals surface area contributed by atoms with E-state index in [4.69, 9.17) is 14.2 Å². The van der Waals surface area contributed by atoms with E-state index in [1.54, 1.807) is 0 Å². The number of phenols is 2. The molecule has 2 aromatic rings. The van der Waals surface area contributed by atoms with Gasteiger partial charge in [-0.15, -0.1) is 0 Å². The van der Waals surface area contributed by atoms with Crippen molar-refractivity contribution < 1.29 is 44.5 Å². The summed E-state index contributed by atoms with van der Waals surface area (Å²) in [5.41, 5.74) is 1.37. The lowest BCUT2D eigenvalue weighted by atomic mass is 9.84. The summed E-state index contributed by atoms with van der Waals surface area (Å²) < 4.78 is 16.5. The van der Waals surface area contributed by atoms with Gasteiger partial charge in [0, 0.05) is 24.2 Å². The van der Waals surface area contributed by atoms with E-state index in [9.17, 15) is 30.3 Å². The van der Waals surface area contributed by atoms with Crippen molar-refractivity contribution >= 4 is 5.97 Å². The molecule has 3 heterocycles. The lowest BCUT2D eigenvalue weighted by molar-refractivity contribution is -0.235. The fraction of sp³-hybridized carbons (Fsp3) is 0.480. The minimum Gasteiger partial charge on any atom is -0.504 e. The molecule has 3 aliphatic rings. The average Bonchev–Trinajstić information content (AvgIpc) is 3.33. The third-order valence-corrected chi connectivity index (χ3v) is 7.27. The second kappa shape index (κ2) is 9.29. The molecule has 2 saturated heterocycles. The van der Waals surface area contributed by atoms with Crippen LogP contribution in [0.4, 0.5) is 0 Å². The number of carbonyl (C=O) groups is 1. The Bertz CT molecular complexity index is 1110. The summed E-state index contributed by atoms with van der Waals surface area (Å²) >= 11 is 0. The Kier molecular flexibility index (Phi) is 6.32. The number of likely N-dealkylation sites (tertiary alicyclic amines) is 1. The highest BCUT2D eigenvalue weighted by Crippen LogP contribution is 2.52. The number of ether oxygens (including phenoxy) is 3. The molecular weight excluding hydrogens is 458 g/mol. The Hall–Kier alpha value is -2.89. The summed E-state index contributed by atoms with van der Waals surface area (Å²) in [6.07, 6.45) is -5.78. The fourth-order valence-electron chi connectivity index (χ4n) is 5.46. The van der Waals surface area contributed by atoms with Gasteiger partial charge in [-0.25, -0.2) is 4.79 Å². The molecule has 2 aromatic carbocycles. The molecule has 0 saturated carbocycles. The maximum absolute atomic E-state index is 13.1. The molecule has 10 nitrogen and oxygen atoms in total. The molecule has 3 unspecified atom stereocenters. The summed E-state index contributed by atoms with van der Waals surface area (Å²) in [6.45, 7) is 1.03. The highest BCUT2D eigenvalue weighted by Gasteiger charge is 2.53. The highest BCUT2D eigenvalue weighted by atomic mass is 16.6. The zero-order chi connectivity index (χ0) is 24.9. The zero-order valence-corrected chi connectivity index (χ0v) is 19.2. The molecule has 0 spiro atoms. The summed E-state index contributed by atoms with van der Waals surface area (Å²) in [6, 6.07) is 10.1. The first-order valence-corrected chi connectivity index (χ1v) is 11.6. The van der Waals surface area contributed by atoms with Gasteiger partial charge < -0.3 is 39.7 Å². The van der Waals surface area contributed by atoms with Crippen LogP contribution in [0.25, 0.3) is 0 Å². The zero-order valence-electron chi connectivity index (χ0n) is 19.2. The smallest absolute Gasteiger partial charge is 0.339 e. The third kappa shape index (κ3) is 3.91. The predicted molar refractivity (Wildman–Crippen MR) is 121 cm³/mol. The average molecular weight is 488 g/mol. The largest absolute Gasteiger partial charge is 0.504 e. The van der Waals surface area contributed by atoms with Crippen LogP contribution in [-0.4, -0.2) is 87.6 Å². The van der Waals surface area contributed by atoms with Crippen molar-refractivity contribution in [2.75, 3.05) is 26.8 Å². The monoisotopic (exact) mass is 487 g/mol. The molecule has 5 N–H and O–H groups in total.